The summed E-state index contributed by atoms with van der Waals surface area (Å²) in [5.74, 6) is 1.83. The Morgan fingerprint density at radius 3 is 1.26 bits per heavy atom. The second-order valence-corrected chi connectivity index (χ2v) is 10.3. The average molecular weight is 784 g/mol. The molecule has 2 atom stereocenters. The van der Waals surface area contributed by atoms with Crippen molar-refractivity contribution in [2.24, 2.45) is 10.8 Å². The maximum Gasteiger partial charge on any atom is 2.00 e. The van der Waals surface area contributed by atoms with E-state index in [4.69, 9.17) is 9.47 Å². The first-order valence-corrected chi connectivity index (χ1v) is 10.9. The van der Waals surface area contributed by atoms with Gasteiger partial charge in [-0.15, -0.1) is 0 Å². The number of benzene rings is 2. The third-order valence-electron chi connectivity index (χ3n) is 5.78. The van der Waals surface area contributed by atoms with Crippen molar-refractivity contribution in [3.8, 4) is 11.5 Å². The molecular formula is C27H39I2N2O2Pd. The molecule has 2 aromatic rings. The summed E-state index contributed by atoms with van der Waals surface area (Å²) in [4.78, 5) is 4.62. The minimum absolute atomic E-state index is 0. The van der Waals surface area contributed by atoms with Crippen molar-refractivity contribution in [3.05, 3.63) is 78.7 Å². The van der Waals surface area contributed by atoms with Gasteiger partial charge in [0.05, 0.1) is 26.3 Å². The van der Waals surface area contributed by atoms with Crippen molar-refractivity contribution >= 4 is 0 Å². The van der Waals surface area contributed by atoms with Crippen molar-refractivity contribution in [2.45, 2.75) is 53.6 Å². The second-order valence-electron chi connectivity index (χ2n) is 10.3. The van der Waals surface area contributed by atoms with Gasteiger partial charge >= 0.3 is 20.4 Å². The molecule has 0 bridgehead atoms. The Morgan fingerprint density at radius 2 is 0.971 bits per heavy atom. The van der Waals surface area contributed by atoms with Crippen LogP contribution < -0.4 is 57.4 Å². The van der Waals surface area contributed by atoms with E-state index in [9.17, 15) is 0 Å². The van der Waals surface area contributed by atoms with E-state index >= 15 is 0 Å². The molecule has 0 amide bonds. The zero-order chi connectivity index (χ0) is 22.8. The molecule has 0 aromatic heterocycles. The molecule has 193 valence electrons. The molecule has 0 fully saturated rings. The first-order valence-electron chi connectivity index (χ1n) is 10.9. The van der Waals surface area contributed by atoms with Crippen molar-refractivity contribution in [1.29, 1.82) is 0 Å². The molecule has 34 heavy (non-hydrogen) atoms. The summed E-state index contributed by atoms with van der Waals surface area (Å²) in [7, 11) is 3.48. The molecule has 1 aliphatic heterocycles. The average Bonchev–Trinajstić information content (AvgIpc) is 3.15. The van der Waals surface area contributed by atoms with E-state index < -0.39 is 0 Å². The Balaban J connectivity index is 0. The van der Waals surface area contributed by atoms with E-state index in [1.54, 1.807) is 14.2 Å². The standard InChI is InChI=1S/C27H37N2O2.2HI.Pd.H2/c1-26(2,3)24(20-13-9-11-15-22(20)30-7)28-17-18-29(19-28)25(27(4,5)6)21-14-10-12-16-23(21)31-8;;;;/h9-19,24-25H,1-8H3;2*1H;;1H/q;;;+2;/p-2/t24-,25-;;;;/m1..../s1. The Kier molecular flexibility index (Phi) is 13.5. The topological polar surface area (TPSA) is 24.9 Å². The third kappa shape index (κ3) is 7.50. The Hall–Kier alpha value is -0.498. The molecule has 1 heterocycles. The SMILES string of the molecule is COc1ccccc1[C@@H](N1[CH]N([C@H](c2ccccc2OC)C(C)(C)C)C=C1)C(C)(C)C.[HH].[I-].[I-].[Pd+2]. The van der Waals surface area contributed by atoms with Gasteiger partial charge in [0, 0.05) is 25.0 Å². The summed E-state index contributed by atoms with van der Waals surface area (Å²) < 4.78 is 11.4. The van der Waals surface area contributed by atoms with E-state index in [1.165, 1.54) is 11.1 Å². The first kappa shape index (κ1) is 33.5. The molecule has 1 aliphatic rings. The zero-order valence-corrected chi connectivity index (χ0v) is 27.2. The molecule has 3 rings (SSSR count). The van der Waals surface area contributed by atoms with Crippen LogP contribution in [0.15, 0.2) is 60.9 Å². The fourth-order valence-corrected chi connectivity index (χ4v) is 4.62. The van der Waals surface area contributed by atoms with Gasteiger partial charge in [-0.2, -0.15) is 0 Å². The van der Waals surface area contributed by atoms with E-state index in [2.05, 4.69) is 94.7 Å². The Bertz CT molecular complexity index is 858. The van der Waals surface area contributed by atoms with Crippen LogP contribution in [0, 0.1) is 17.5 Å². The van der Waals surface area contributed by atoms with Gasteiger partial charge in [0.2, 0.25) is 0 Å². The maximum atomic E-state index is 5.71. The normalized spacial score (nSPS) is 14.9. The van der Waals surface area contributed by atoms with Gasteiger partial charge < -0.3 is 67.2 Å². The first-order chi connectivity index (χ1) is 14.6. The van der Waals surface area contributed by atoms with Gasteiger partial charge in [-0.1, -0.05) is 77.9 Å². The summed E-state index contributed by atoms with van der Waals surface area (Å²) in [5, 5.41) is 0. The van der Waals surface area contributed by atoms with E-state index in [-0.39, 0.29) is 92.7 Å². The van der Waals surface area contributed by atoms with Crippen LogP contribution in [0.5, 0.6) is 11.5 Å². The largest absolute Gasteiger partial charge is 2.00 e. The van der Waals surface area contributed by atoms with Gasteiger partial charge in [-0.25, -0.2) is 0 Å². The number of methoxy groups -OCH3 is 2. The summed E-state index contributed by atoms with van der Waals surface area (Å²) in [6.45, 7) is 15.9. The minimum atomic E-state index is -0.00680. The van der Waals surface area contributed by atoms with Crippen LogP contribution in [0.3, 0.4) is 0 Å². The molecule has 0 N–H and O–H groups in total. The van der Waals surface area contributed by atoms with Crippen LogP contribution >= 0.6 is 0 Å². The van der Waals surface area contributed by atoms with Crippen molar-refractivity contribution in [2.75, 3.05) is 14.2 Å². The minimum Gasteiger partial charge on any atom is -1.00 e. The molecule has 0 aliphatic carbocycles. The van der Waals surface area contributed by atoms with Crippen LogP contribution in [-0.4, -0.2) is 24.0 Å². The predicted molar refractivity (Wildman–Crippen MR) is 130 cm³/mol. The van der Waals surface area contributed by atoms with Crippen LogP contribution in [-0.2, 0) is 20.4 Å². The molecular weight excluding hydrogens is 745 g/mol. The van der Waals surface area contributed by atoms with Crippen molar-refractivity contribution < 1.29 is 79.3 Å². The summed E-state index contributed by atoms with van der Waals surface area (Å²) in [6.07, 6.45) is 4.35. The van der Waals surface area contributed by atoms with Gasteiger partial charge in [-0.05, 0) is 23.0 Å². The smallest absolute Gasteiger partial charge is 1.00 e. The molecule has 2 aromatic carbocycles. The number of hydrogen-bond acceptors (Lipinski definition) is 4. The summed E-state index contributed by atoms with van der Waals surface area (Å²) in [5.41, 5.74) is 2.36. The van der Waals surface area contributed by atoms with Crippen LogP contribution in [0.4, 0.5) is 0 Å². The maximum absolute atomic E-state index is 5.71. The van der Waals surface area contributed by atoms with Gasteiger partial charge in [0.15, 0.2) is 0 Å². The number of nitrogens with zero attached hydrogens (tertiary/aromatic N) is 2. The molecule has 0 spiro atoms. The second kappa shape index (κ2) is 13.7. The third-order valence-corrected chi connectivity index (χ3v) is 5.78. The predicted octanol–water partition coefficient (Wildman–Crippen LogP) is 1.04. The Labute approximate surface area is 256 Å². The van der Waals surface area contributed by atoms with E-state index in [1.807, 2.05) is 24.3 Å². The van der Waals surface area contributed by atoms with Crippen molar-refractivity contribution in [3.63, 3.8) is 0 Å². The number of para-hydroxylation sites is 2. The van der Waals surface area contributed by atoms with E-state index in [0.29, 0.717) is 0 Å². The number of hydrogen-bond donors (Lipinski definition) is 0. The van der Waals surface area contributed by atoms with Crippen LogP contribution in [0.2, 0.25) is 0 Å². The molecule has 1 radical (unpaired) electrons. The van der Waals surface area contributed by atoms with Crippen molar-refractivity contribution in [1.82, 2.24) is 9.80 Å². The molecule has 7 heteroatoms. The number of ether oxygens (including phenoxy) is 2. The zero-order valence-electron chi connectivity index (χ0n) is 21.3. The van der Waals surface area contributed by atoms with Crippen LogP contribution in [0.25, 0.3) is 0 Å². The summed E-state index contributed by atoms with van der Waals surface area (Å²) >= 11 is 0. The fourth-order valence-electron chi connectivity index (χ4n) is 4.62. The summed E-state index contributed by atoms with van der Waals surface area (Å²) in [6, 6.07) is 16.9. The monoisotopic (exact) mass is 783 g/mol. The Morgan fingerprint density at radius 1 is 0.647 bits per heavy atom. The van der Waals surface area contributed by atoms with E-state index in [0.717, 1.165) is 11.5 Å². The number of halogens is 2. The molecule has 0 unspecified atom stereocenters. The van der Waals surface area contributed by atoms with Gasteiger partial charge in [0.1, 0.15) is 18.2 Å². The van der Waals surface area contributed by atoms with Crippen LogP contribution in [0.1, 0.15) is 66.2 Å². The van der Waals surface area contributed by atoms with Gasteiger partial charge in [-0.3, -0.25) is 0 Å². The van der Waals surface area contributed by atoms with Gasteiger partial charge in [0.25, 0.3) is 0 Å². The molecule has 0 saturated carbocycles. The molecule has 0 saturated heterocycles. The quantitative estimate of drug-likeness (QED) is 0.324. The molecule has 4 nitrogen and oxygen atoms in total. The fraction of sp³-hybridized carbons (Fsp3) is 0.444. The number of rotatable bonds is 6.